The van der Waals surface area contributed by atoms with E-state index in [9.17, 15) is 4.79 Å². The van der Waals surface area contributed by atoms with E-state index in [1.54, 1.807) is 34.9 Å². The summed E-state index contributed by atoms with van der Waals surface area (Å²) in [4.78, 5) is 17.6. The van der Waals surface area contributed by atoms with Crippen molar-refractivity contribution < 1.29 is 4.79 Å². The maximum atomic E-state index is 12.0. The maximum Gasteiger partial charge on any atom is 0.255 e. The molecule has 5 nitrogen and oxygen atoms in total. The van der Waals surface area contributed by atoms with Gasteiger partial charge in [-0.05, 0) is 12.5 Å². The molecule has 0 aliphatic heterocycles. The summed E-state index contributed by atoms with van der Waals surface area (Å²) in [7, 11) is 1.81. The Hall–Kier alpha value is -1.91. The first kappa shape index (κ1) is 10.6. The van der Waals surface area contributed by atoms with Gasteiger partial charge in [0.15, 0.2) is 0 Å². The number of aromatic nitrogens is 3. The molecule has 0 atom stereocenters. The van der Waals surface area contributed by atoms with Crippen LogP contribution < -0.4 is 0 Å². The first-order valence-electron chi connectivity index (χ1n) is 5.26. The van der Waals surface area contributed by atoms with Crippen LogP contribution in [0.4, 0.5) is 0 Å². The number of carbonyl (C=O) groups excluding carboxylic acids is 1. The van der Waals surface area contributed by atoms with E-state index in [1.165, 1.54) is 6.33 Å². The highest BCUT2D eigenvalue weighted by Gasteiger charge is 2.13. The van der Waals surface area contributed by atoms with Crippen LogP contribution in [0, 0.1) is 0 Å². The van der Waals surface area contributed by atoms with Crippen LogP contribution in [0.2, 0.25) is 0 Å². The van der Waals surface area contributed by atoms with Crippen molar-refractivity contribution in [3.63, 3.8) is 0 Å². The van der Waals surface area contributed by atoms with Gasteiger partial charge in [0.05, 0.1) is 17.3 Å². The number of nitrogens with zero attached hydrogens (tertiary/aromatic N) is 4. The lowest BCUT2D eigenvalue weighted by Crippen LogP contribution is -2.26. The van der Waals surface area contributed by atoms with Gasteiger partial charge in [0.25, 0.3) is 5.91 Å². The van der Waals surface area contributed by atoms with Gasteiger partial charge in [-0.2, -0.15) is 5.10 Å². The lowest BCUT2D eigenvalue weighted by Gasteiger charge is -2.14. The average Bonchev–Trinajstić information content (AvgIpc) is 2.71. The second-order valence-electron chi connectivity index (χ2n) is 3.73. The fourth-order valence-electron chi connectivity index (χ4n) is 1.63. The minimum atomic E-state index is 0.0207. The molecule has 0 radical (unpaired) electrons. The third-order valence-electron chi connectivity index (χ3n) is 2.43. The van der Waals surface area contributed by atoms with Crippen molar-refractivity contribution >= 4 is 11.4 Å². The van der Waals surface area contributed by atoms with Crippen molar-refractivity contribution in [1.82, 2.24) is 19.5 Å². The minimum absolute atomic E-state index is 0.0207. The lowest BCUT2D eigenvalue weighted by atomic mass is 10.3. The summed E-state index contributed by atoms with van der Waals surface area (Å²) in [6.07, 6.45) is 5.82. The standard InChI is InChI=1S/C11H14N4O/c1-3-4-14(2)11(16)9-5-10-6-12-8-13-15(10)7-9/h5-8H,3-4H2,1-2H3. The van der Waals surface area contributed by atoms with Gasteiger partial charge in [0, 0.05) is 19.8 Å². The van der Waals surface area contributed by atoms with Crippen molar-refractivity contribution in [2.24, 2.45) is 0 Å². The molecule has 0 aromatic carbocycles. The van der Waals surface area contributed by atoms with Gasteiger partial charge in [-0.3, -0.25) is 4.79 Å². The van der Waals surface area contributed by atoms with E-state index in [4.69, 9.17) is 0 Å². The van der Waals surface area contributed by atoms with Crippen LogP contribution in [-0.4, -0.2) is 39.0 Å². The number of hydrogen-bond donors (Lipinski definition) is 0. The van der Waals surface area contributed by atoms with E-state index < -0.39 is 0 Å². The Balaban J connectivity index is 2.29. The zero-order chi connectivity index (χ0) is 11.5. The van der Waals surface area contributed by atoms with Crippen molar-refractivity contribution in [1.29, 1.82) is 0 Å². The molecule has 1 amide bonds. The molecule has 0 saturated carbocycles. The number of rotatable bonds is 3. The molecule has 5 heteroatoms. The highest BCUT2D eigenvalue weighted by Crippen LogP contribution is 2.09. The highest BCUT2D eigenvalue weighted by molar-refractivity contribution is 5.95. The third-order valence-corrected chi connectivity index (χ3v) is 2.43. The summed E-state index contributed by atoms with van der Waals surface area (Å²) in [5.41, 5.74) is 1.48. The molecule has 84 valence electrons. The molecular formula is C11H14N4O. The number of carbonyl (C=O) groups is 1. The molecule has 0 fully saturated rings. The van der Waals surface area contributed by atoms with Crippen LogP contribution in [0.1, 0.15) is 23.7 Å². The summed E-state index contributed by atoms with van der Waals surface area (Å²) in [5, 5.41) is 4.02. The Morgan fingerprint density at radius 1 is 1.56 bits per heavy atom. The lowest BCUT2D eigenvalue weighted by molar-refractivity contribution is 0.0795. The molecule has 0 spiro atoms. The number of fused-ring (bicyclic) bond motifs is 1. The van der Waals surface area contributed by atoms with Crippen molar-refractivity contribution in [3.05, 3.63) is 30.4 Å². The maximum absolute atomic E-state index is 12.0. The fraction of sp³-hybridized carbons (Fsp3) is 0.364. The van der Waals surface area contributed by atoms with Crippen molar-refractivity contribution in [3.8, 4) is 0 Å². The van der Waals surface area contributed by atoms with E-state index in [1.807, 2.05) is 6.92 Å². The van der Waals surface area contributed by atoms with Gasteiger partial charge in [-0.15, -0.1) is 0 Å². The molecule has 0 saturated heterocycles. The fourth-order valence-corrected chi connectivity index (χ4v) is 1.63. The van der Waals surface area contributed by atoms with Crippen molar-refractivity contribution in [2.45, 2.75) is 13.3 Å². The van der Waals surface area contributed by atoms with E-state index in [2.05, 4.69) is 10.1 Å². The summed E-state index contributed by atoms with van der Waals surface area (Å²) in [5.74, 6) is 0.0207. The molecule has 2 heterocycles. The largest absolute Gasteiger partial charge is 0.342 e. The highest BCUT2D eigenvalue weighted by atomic mass is 16.2. The topological polar surface area (TPSA) is 50.5 Å². The van der Waals surface area contributed by atoms with Gasteiger partial charge < -0.3 is 4.90 Å². The molecule has 0 aliphatic rings. The number of amides is 1. The summed E-state index contributed by atoms with van der Waals surface area (Å²) >= 11 is 0. The van der Waals surface area contributed by atoms with E-state index in [0.29, 0.717) is 5.56 Å². The Bertz CT molecular complexity index is 472. The summed E-state index contributed by atoms with van der Waals surface area (Å²) in [6, 6.07) is 1.80. The van der Waals surface area contributed by atoms with Gasteiger partial charge in [-0.25, -0.2) is 9.50 Å². The van der Waals surface area contributed by atoms with Crippen molar-refractivity contribution in [2.75, 3.05) is 13.6 Å². The molecule has 0 N–H and O–H groups in total. The first-order chi connectivity index (χ1) is 7.72. The summed E-state index contributed by atoms with van der Waals surface area (Å²) < 4.78 is 1.65. The van der Waals surface area contributed by atoms with E-state index in [-0.39, 0.29) is 5.91 Å². The zero-order valence-electron chi connectivity index (χ0n) is 9.42. The Kier molecular flexibility index (Phi) is 2.85. The Labute approximate surface area is 93.7 Å². The van der Waals surface area contributed by atoms with Gasteiger partial charge in [0.2, 0.25) is 0 Å². The minimum Gasteiger partial charge on any atom is -0.342 e. The van der Waals surface area contributed by atoms with E-state index >= 15 is 0 Å². The number of hydrogen-bond acceptors (Lipinski definition) is 3. The predicted molar refractivity (Wildman–Crippen MR) is 60.2 cm³/mol. The molecule has 2 aromatic heterocycles. The average molecular weight is 218 g/mol. The predicted octanol–water partition coefficient (Wildman–Crippen LogP) is 1.21. The van der Waals surface area contributed by atoms with Gasteiger partial charge >= 0.3 is 0 Å². The van der Waals surface area contributed by atoms with Crippen LogP contribution in [-0.2, 0) is 0 Å². The van der Waals surface area contributed by atoms with E-state index in [0.717, 1.165) is 18.5 Å². The van der Waals surface area contributed by atoms with Gasteiger partial charge in [-0.1, -0.05) is 6.92 Å². The second kappa shape index (κ2) is 4.30. The molecule has 2 aromatic rings. The van der Waals surface area contributed by atoms with Crippen LogP contribution in [0.25, 0.3) is 5.52 Å². The van der Waals surface area contributed by atoms with Crippen LogP contribution >= 0.6 is 0 Å². The Morgan fingerprint density at radius 3 is 3.06 bits per heavy atom. The normalized spacial score (nSPS) is 10.6. The SMILES string of the molecule is CCCN(C)C(=O)c1cc2cncnn2c1. The van der Waals surface area contributed by atoms with Crippen LogP contribution in [0.15, 0.2) is 24.8 Å². The third kappa shape index (κ3) is 1.88. The molecule has 2 rings (SSSR count). The smallest absolute Gasteiger partial charge is 0.255 e. The summed E-state index contributed by atoms with van der Waals surface area (Å²) in [6.45, 7) is 2.81. The monoisotopic (exact) mass is 218 g/mol. The van der Waals surface area contributed by atoms with Crippen LogP contribution in [0.3, 0.4) is 0 Å². The second-order valence-corrected chi connectivity index (χ2v) is 3.73. The Morgan fingerprint density at radius 2 is 2.38 bits per heavy atom. The molecule has 16 heavy (non-hydrogen) atoms. The molecular weight excluding hydrogens is 204 g/mol. The molecule has 0 unspecified atom stereocenters. The van der Waals surface area contributed by atoms with Gasteiger partial charge in [0.1, 0.15) is 6.33 Å². The first-order valence-corrected chi connectivity index (χ1v) is 5.26. The molecule has 0 aliphatic carbocycles. The quantitative estimate of drug-likeness (QED) is 0.778. The molecule has 0 bridgehead atoms. The van der Waals surface area contributed by atoms with Crippen LogP contribution in [0.5, 0.6) is 0 Å². The zero-order valence-corrected chi connectivity index (χ0v) is 9.42.